The zero-order valence-corrected chi connectivity index (χ0v) is 28.4. The van der Waals surface area contributed by atoms with Crippen LogP contribution in [0.5, 0.6) is 11.5 Å². The van der Waals surface area contributed by atoms with Crippen molar-refractivity contribution < 1.29 is 27.1 Å². The van der Waals surface area contributed by atoms with Gasteiger partial charge in [-0.3, -0.25) is 9.80 Å². The van der Waals surface area contributed by atoms with Crippen molar-refractivity contribution in [3.05, 3.63) is 159 Å². The average molecular weight is 685 g/mol. The summed E-state index contributed by atoms with van der Waals surface area (Å²) in [7, 11) is 3.36. The Morgan fingerprint density at radius 3 is 1.02 bits per heavy atom. The maximum atomic E-state index is 5.93. The molecule has 5 aromatic carbocycles. The number of benzene rings is 5. The van der Waals surface area contributed by atoms with E-state index in [1.165, 1.54) is 0 Å². The fraction of sp³-hybridized carbons (Fsp3) is 0.0455. The molecule has 0 amide bonds. The van der Waals surface area contributed by atoms with Gasteiger partial charge in [0.15, 0.2) is 0 Å². The van der Waals surface area contributed by atoms with E-state index in [0.29, 0.717) is 23.5 Å². The van der Waals surface area contributed by atoms with Crippen LogP contribution in [0.25, 0.3) is 43.8 Å². The van der Waals surface area contributed by atoms with Gasteiger partial charge in [-0.15, -0.1) is 0 Å². The van der Waals surface area contributed by atoms with Crippen molar-refractivity contribution in [2.45, 2.75) is 0 Å². The van der Waals surface area contributed by atoms with E-state index >= 15 is 0 Å². The van der Waals surface area contributed by atoms with Crippen LogP contribution in [0.2, 0.25) is 0 Å². The number of methoxy groups -OCH3 is 2. The lowest BCUT2D eigenvalue weighted by Gasteiger charge is -2.24. The summed E-state index contributed by atoms with van der Waals surface area (Å²) in [6.45, 7) is 0. The van der Waals surface area contributed by atoms with E-state index in [-0.39, 0.29) is 0 Å². The third-order valence-corrected chi connectivity index (χ3v) is 9.27. The van der Waals surface area contributed by atoms with Crippen molar-refractivity contribution in [2.75, 3.05) is 24.0 Å². The highest BCUT2D eigenvalue weighted by Crippen LogP contribution is 2.49. The van der Waals surface area contributed by atoms with Gasteiger partial charge in [-0.2, -0.15) is 0 Å². The summed E-state index contributed by atoms with van der Waals surface area (Å²) < 4.78 is 34.8. The van der Waals surface area contributed by atoms with E-state index in [1.807, 2.05) is 82.6 Å². The van der Waals surface area contributed by atoms with E-state index in [1.54, 1.807) is 39.3 Å². The monoisotopic (exact) mass is 684 g/mol. The first-order valence-electron chi connectivity index (χ1n) is 16.8. The Morgan fingerprint density at radius 1 is 0.385 bits per heavy atom. The minimum atomic E-state index is 0.631. The quantitative estimate of drug-likeness (QED) is 0.132. The number of fused-ring (bicyclic) bond motifs is 3. The first-order chi connectivity index (χ1) is 25.7. The number of hydrogen-bond acceptors (Lipinski definition) is 8. The molecule has 0 fully saturated rings. The Kier molecular flexibility index (Phi) is 7.74. The van der Waals surface area contributed by atoms with Gasteiger partial charge in [0, 0.05) is 24.3 Å². The number of ether oxygens (including phenoxy) is 2. The van der Waals surface area contributed by atoms with Crippen LogP contribution >= 0.6 is 0 Å². The van der Waals surface area contributed by atoms with Crippen LogP contribution in [0, 0.1) is 0 Å². The maximum absolute atomic E-state index is 5.93. The third kappa shape index (κ3) is 5.34. The van der Waals surface area contributed by atoms with Crippen LogP contribution in [0.15, 0.2) is 176 Å². The number of rotatable bonds is 10. The second kappa shape index (κ2) is 13.0. The molecule has 8 nitrogen and oxygen atoms in total. The van der Waals surface area contributed by atoms with Crippen LogP contribution in [0.3, 0.4) is 0 Å². The summed E-state index contributed by atoms with van der Waals surface area (Å²) in [6.07, 6.45) is 6.65. The SMILES string of the molecule is COc1ccc(-c2c(-c3ccc(OC)cc3)c3ccc(N(c4ccco4)c4ccco4)cc3c3cc(N(c4ccco4)c4ccco4)ccc23)cc1. The van der Waals surface area contributed by atoms with Gasteiger partial charge in [-0.1, -0.05) is 36.4 Å². The summed E-state index contributed by atoms with van der Waals surface area (Å²) in [5.41, 5.74) is 6.03. The Balaban J connectivity index is 1.39. The summed E-state index contributed by atoms with van der Waals surface area (Å²) in [5.74, 6) is 4.10. The molecule has 52 heavy (non-hydrogen) atoms. The molecule has 0 spiro atoms. The molecule has 0 radical (unpaired) electrons. The fourth-order valence-corrected chi connectivity index (χ4v) is 6.92. The molecule has 0 aliphatic rings. The second-order valence-corrected chi connectivity index (χ2v) is 12.1. The normalized spacial score (nSPS) is 11.3. The molecule has 0 N–H and O–H groups in total. The van der Waals surface area contributed by atoms with Crippen molar-refractivity contribution in [3.63, 3.8) is 0 Å². The number of furan rings is 4. The topological polar surface area (TPSA) is 77.5 Å². The van der Waals surface area contributed by atoms with Gasteiger partial charge in [0.2, 0.25) is 23.5 Å². The van der Waals surface area contributed by atoms with Gasteiger partial charge in [0.05, 0.1) is 50.6 Å². The van der Waals surface area contributed by atoms with Crippen molar-refractivity contribution in [1.82, 2.24) is 0 Å². The zero-order valence-electron chi connectivity index (χ0n) is 28.4. The van der Waals surface area contributed by atoms with Crippen LogP contribution in [-0.4, -0.2) is 14.2 Å². The minimum Gasteiger partial charge on any atom is -0.497 e. The van der Waals surface area contributed by atoms with Gasteiger partial charge < -0.3 is 27.1 Å². The Morgan fingerprint density at radius 2 is 0.731 bits per heavy atom. The van der Waals surface area contributed by atoms with Crippen LogP contribution < -0.4 is 19.3 Å². The van der Waals surface area contributed by atoms with E-state index in [4.69, 9.17) is 27.1 Å². The highest BCUT2D eigenvalue weighted by molar-refractivity contribution is 6.23. The molecule has 9 rings (SSSR count). The average Bonchev–Trinajstić information content (AvgIpc) is 4.05. The van der Waals surface area contributed by atoms with Crippen molar-refractivity contribution >= 4 is 56.5 Å². The van der Waals surface area contributed by atoms with Crippen LogP contribution in [-0.2, 0) is 0 Å². The molecule has 0 saturated heterocycles. The summed E-state index contributed by atoms with van der Waals surface area (Å²) in [6, 6.07) is 44.6. The van der Waals surface area contributed by atoms with Crippen molar-refractivity contribution in [3.8, 4) is 33.8 Å². The number of hydrogen-bond donors (Lipinski definition) is 0. The molecule has 254 valence electrons. The van der Waals surface area contributed by atoms with Gasteiger partial charge in [0.1, 0.15) is 11.5 Å². The van der Waals surface area contributed by atoms with Gasteiger partial charge in [0.25, 0.3) is 0 Å². The summed E-state index contributed by atoms with van der Waals surface area (Å²) in [5, 5.41) is 4.18. The molecule has 0 atom stereocenters. The lowest BCUT2D eigenvalue weighted by atomic mass is 9.84. The largest absolute Gasteiger partial charge is 0.497 e. The summed E-state index contributed by atoms with van der Waals surface area (Å²) >= 11 is 0. The highest BCUT2D eigenvalue weighted by Gasteiger charge is 2.24. The molecule has 0 bridgehead atoms. The predicted molar refractivity (Wildman–Crippen MR) is 204 cm³/mol. The van der Waals surface area contributed by atoms with E-state index in [9.17, 15) is 0 Å². The van der Waals surface area contributed by atoms with Crippen molar-refractivity contribution in [1.29, 1.82) is 0 Å². The molecule has 4 aromatic heterocycles. The first kappa shape index (κ1) is 31.0. The molecule has 8 heteroatoms. The lowest BCUT2D eigenvalue weighted by Crippen LogP contribution is -2.09. The summed E-state index contributed by atoms with van der Waals surface area (Å²) in [4.78, 5) is 3.94. The minimum absolute atomic E-state index is 0.631. The van der Waals surface area contributed by atoms with E-state index < -0.39 is 0 Å². The first-order valence-corrected chi connectivity index (χ1v) is 16.8. The Bertz CT molecular complexity index is 2320. The maximum Gasteiger partial charge on any atom is 0.206 e. The molecule has 0 saturated carbocycles. The van der Waals surface area contributed by atoms with E-state index in [0.717, 1.165) is 66.7 Å². The third-order valence-electron chi connectivity index (χ3n) is 9.27. The van der Waals surface area contributed by atoms with Crippen LogP contribution in [0.1, 0.15) is 0 Å². The number of anilines is 6. The van der Waals surface area contributed by atoms with E-state index in [2.05, 4.69) is 60.7 Å². The smallest absolute Gasteiger partial charge is 0.206 e. The molecule has 9 aromatic rings. The number of nitrogens with zero attached hydrogens (tertiary/aromatic N) is 2. The zero-order chi connectivity index (χ0) is 35.0. The lowest BCUT2D eigenvalue weighted by molar-refractivity contribution is 0.414. The van der Waals surface area contributed by atoms with Crippen LogP contribution in [0.4, 0.5) is 34.9 Å². The molecule has 4 heterocycles. The predicted octanol–water partition coefficient (Wildman–Crippen LogP) is 12.7. The molecular formula is C44H32N2O6. The highest BCUT2D eigenvalue weighted by atomic mass is 16.5. The van der Waals surface area contributed by atoms with Gasteiger partial charge >= 0.3 is 0 Å². The standard InChI is InChI=1S/C44H32N2O6/c1-47-33-17-11-29(12-18-33)43-35-21-15-31(45(39-7-3-23-49-39)40-8-4-24-50-40)27-37(35)38-28-32(46(41-9-5-25-51-41)42-10-6-26-52-42)16-22-36(38)44(43)30-13-19-34(48-2)20-14-30/h3-28H,1-2H3. The molecule has 0 aliphatic carbocycles. The fourth-order valence-electron chi connectivity index (χ4n) is 6.92. The van der Waals surface area contributed by atoms with Gasteiger partial charge in [-0.05, 0) is 117 Å². The molecule has 0 aliphatic heterocycles. The Hall–Kier alpha value is -7.06. The molecule has 0 unspecified atom stereocenters. The van der Waals surface area contributed by atoms with Crippen molar-refractivity contribution in [2.24, 2.45) is 0 Å². The molecular weight excluding hydrogens is 652 g/mol. The van der Waals surface area contributed by atoms with Gasteiger partial charge in [-0.25, -0.2) is 0 Å². The second-order valence-electron chi connectivity index (χ2n) is 12.1. The Labute approximate surface area is 299 Å².